The van der Waals surface area contributed by atoms with Crippen LogP contribution in [0.4, 0.5) is 0 Å². The van der Waals surface area contributed by atoms with Gasteiger partial charge in [0.05, 0.1) is 0 Å². The molecule has 0 aliphatic rings. The number of nitrogen functional groups attached to an aromatic ring is 1. The lowest BCUT2D eigenvalue weighted by atomic mass is 10.6. The summed E-state index contributed by atoms with van der Waals surface area (Å²) in [6.45, 7) is 0. The van der Waals surface area contributed by atoms with Crippen molar-refractivity contribution in [2.75, 3.05) is 5.84 Å². The molecule has 56 valence electrons. The highest BCUT2D eigenvalue weighted by Gasteiger charge is 2.05. The van der Waals surface area contributed by atoms with Gasteiger partial charge in [0.2, 0.25) is 11.2 Å². The van der Waals surface area contributed by atoms with Gasteiger partial charge in [-0.2, -0.15) is 5.21 Å². The quantitative estimate of drug-likeness (QED) is 0.408. The number of nitrogens with two attached hydrogens (primary N) is 1. The first-order valence-corrected chi connectivity index (χ1v) is 2.70. The molecule has 0 amide bonds. The molecule has 0 atom stereocenters. The zero-order valence-corrected chi connectivity index (χ0v) is 5.22. The van der Waals surface area contributed by atoms with Crippen LogP contribution in [-0.4, -0.2) is 30.5 Å². The van der Waals surface area contributed by atoms with Crippen molar-refractivity contribution in [1.82, 2.24) is 30.5 Å². The van der Waals surface area contributed by atoms with Crippen molar-refractivity contribution >= 4 is 11.2 Å². The van der Waals surface area contributed by atoms with Crippen molar-refractivity contribution in [1.29, 1.82) is 0 Å². The molecule has 11 heavy (non-hydrogen) atoms. The molecule has 2 aromatic heterocycles. The topological polar surface area (TPSA) is 115 Å². The monoisotopic (exact) mass is 153 g/mol. The summed E-state index contributed by atoms with van der Waals surface area (Å²) in [7, 11) is 0. The average Bonchev–Trinajstić information content (AvgIpc) is 2.45. The Kier molecular flexibility index (Phi) is 0.916. The molecule has 3 N–H and O–H groups in total. The lowest BCUT2D eigenvalue weighted by Gasteiger charge is -1.88. The first-order chi connectivity index (χ1) is 5.29. The normalized spacial score (nSPS) is 10.5. The van der Waals surface area contributed by atoms with Crippen LogP contribution in [0.3, 0.4) is 0 Å². The fraction of sp³-hybridized carbons (Fsp3) is 0. The lowest BCUT2D eigenvalue weighted by molar-refractivity contribution is 0.699. The highest BCUT2D eigenvalue weighted by molar-refractivity contribution is 5.65. The number of rotatable bonds is 0. The maximum Gasteiger partial charge on any atom is 0.318 e. The van der Waals surface area contributed by atoms with Crippen LogP contribution in [-0.2, 0) is 0 Å². The molecule has 8 nitrogen and oxygen atoms in total. The second-order valence-corrected chi connectivity index (χ2v) is 1.83. The molecule has 0 radical (unpaired) electrons. The lowest BCUT2D eigenvalue weighted by Crippen LogP contribution is -2.30. The molecule has 0 aromatic carbocycles. The molecule has 0 spiro atoms. The predicted molar refractivity (Wildman–Crippen MR) is 33.9 cm³/mol. The highest BCUT2D eigenvalue weighted by Crippen LogP contribution is 1.90. The fourth-order valence-electron chi connectivity index (χ4n) is 0.678. The molecule has 2 heterocycles. The molecule has 0 bridgehead atoms. The van der Waals surface area contributed by atoms with Crippen LogP contribution in [0.15, 0.2) is 4.79 Å². The van der Waals surface area contributed by atoms with Crippen LogP contribution in [0, 0.1) is 0 Å². The minimum absolute atomic E-state index is 0.0856. The summed E-state index contributed by atoms with van der Waals surface area (Å²) >= 11 is 0. The van der Waals surface area contributed by atoms with E-state index in [1.54, 1.807) is 0 Å². The van der Waals surface area contributed by atoms with Gasteiger partial charge in [0.25, 0.3) is 0 Å². The maximum absolute atomic E-state index is 11.0. The predicted octanol–water partition coefficient (Wildman–Crippen LogP) is -2.38. The van der Waals surface area contributed by atoms with E-state index in [4.69, 9.17) is 5.84 Å². The van der Waals surface area contributed by atoms with Gasteiger partial charge >= 0.3 is 5.56 Å². The van der Waals surface area contributed by atoms with Crippen LogP contribution in [0.2, 0.25) is 0 Å². The summed E-state index contributed by atoms with van der Waals surface area (Å²) < 4.78 is 0. The maximum atomic E-state index is 11.0. The van der Waals surface area contributed by atoms with Crippen LogP contribution in [0.25, 0.3) is 11.2 Å². The van der Waals surface area contributed by atoms with Gasteiger partial charge in [-0.3, -0.25) is 4.79 Å². The summed E-state index contributed by atoms with van der Waals surface area (Å²) in [4.78, 5) is 11.6. The molecule has 0 saturated heterocycles. The number of hydrogen-bond acceptors (Lipinski definition) is 6. The Morgan fingerprint density at radius 1 is 1.45 bits per heavy atom. The van der Waals surface area contributed by atoms with Crippen molar-refractivity contribution in [2.45, 2.75) is 0 Å². The Hall–Kier alpha value is -1.99. The zero-order valence-electron chi connectivity index (χ0n) is 5.22. The highest BCUT2D eigenvalue weighted by atomic mass is 16.1. The van der Waals surface area contributed by atoms with Gasteiger partial charge in [0.1, 0.15) is 0 Å². The third-order valence-electron chi connectivity index (χ3n) is 1.18. The molecule has 2 rings (SSSR count). The largest absolute Gasteiger partial charge is 0.318 e. The Morgan fingerprint density at radius 3 is 3.09 bits per heavy atom. The van der Waals surface area contributed by atoms with Gasteiger partial charge in [-0.25, -0.2) is 0 Å². The van der Waals surface area contributed by atoms with Crippen molar-refractivity contribution in [2.24, 2.45) is 0 Å². The fourth-order valence-corrected chi connectivity index (χ4v) is 0.678. The van der Waals surface area contributed by atoms with E-state index >= 15 is 0 Å². The van der Waals surface area contributed by atoms with E-state index in [1.807, 2.05) is 0 Å². The van der Waals surface area contributed by atoms with Gasteiger partial charge in [-0.1, -0.05) is 0 Å². The van der Waals surface area contributed by atoms with Crippen molar-refractivity contribution < 1.29 is 0 Å². The summed E-state index contributed by atoms with van der Waals surface area (Å²) in [5, 5.41) is 16.1. The molecular formula is C3H3N7O. The van der Waals surface area contributed by atoms with E-state index in [1.165, 1.54) is 0 Å². The van der Waals surface area contributed by atoms with Gasteiger partial charge < -0.3 is 5.84 Å². The number of hydrogen-bond donors (Lipinski definition) is 2. The number of aromatic amines is 1. The van der Waals surface area contributed by atoms with Crippen LogP contribution >= 0.6 is 0 Å². The number of H-pyrrole nitrogens is 1. The molecular weight excluding hydrogens is 150 g/mol. The van der Waals surface area contributed by atoms with E-state index in [0.717, 1.165) is 0 Å². The Labute approximate surface area is 59.0 Å². The molecule has 0 saturated carbocycles. The van der Waals surface area contributed by atoms with E-state index in [2.05, 4.69) is 25.7 Å². The second-order valence-electron chi connectivity index (χ2n) is 1.83. The van der Waals surface area contributed by atoms with E-state index in [-0.39, 0.29) is 11.2 Å². The van der Waals surface area contributed by atoms with Crippen molar-refractivity contribution in [3.63, 3.8) is 0 Å². The van der Waals surface area contributed by atoms with E-state index < -0.39 is 5.56 Å². The van der Waals surface area contributed by atoms with Gasteiger partial charge in [-0.05, 0) is 5.21 Å². The van der Waals surface area contributed by atoms with Crippen LogP contribution in [0.5, 0.6) is 0 Å². The van der Waals surface area contributed by atoms with Crippen LogP contribution < -0.4 is 11.4 Å². The zero-order chi connectivity index (χ0) is 7.84. The van der Waals surface area contributed by atoms with E-state index in [9.17, 15) is 4.79 Å². The van der Waals surface area contributed by atoms with E-state index in [0.29, 0.717) is 4.79 Å². The van der Waals surface area contributed by atoms with Gasteiger partial charge in [0.15, 0.2) is 0 Å². The SMILES string of the molecule is Nn1nnc2n[nH]nc2c1=O. The minimum Gasteiger partial charge on any atom is -0.318 e. The first kappa shape index (κ1) is 5.77. The number of nitrogens with one attached hydrogen (secondary N) is 1. The Balaban J connectivity index is 3.05. The summed E-state index contributed by atoms with van der Waals surface area (Å²) in [6.07, 6.45) is 0. The molecule has 0 unspecified atom stereocenters. The van der Waals surface area contributed by atoms with Crippen molar-refractivity contribution in [3.05, 3.63) is 10.4 Å². The molecule has 0 aliphatic carbocycles. The second kappa shape index (κ2) is 1.75. The Bertz CT molecular complexity index is 440. The molecule has 2 aromatic rings. The summed E-state index contributed by atoms with van der Waals surface area (Å²) in [5.74, 6) is 5.09. The number of nitrogens with zero attached hydrogens (tertiary/aromatic N) is 5. The summed E-state index contributed by atoms with van der Waals surface area (Å²) in [6, 6.07) is 0. The number of aromatic nitrogens is 6. The number of fused-ring (bicyclic) bond motifs is 1. The third kappa shape index (κ3) is 0.655. The smallest absolute Gasteiger partial charge is 0.318 e. The Morgan fingerprint density at radius 2 is 2.27 bits per heavy atom. The minimum atomic E-state index is -0.524. The van der Waals surface area contributed by atoms with Gasteiger partial charge in [0, 0.05) is 0 Å². The molecule has 0 aliphatic heterocycles. The average molecular weight is 153 g/mol. The summed E-state index contributed by atoms with van der Waals surface area (Å²) in [5.41, 5.74) is -0.275. The molecule has 8 heteroatoms. The van der Waals surface area contributed by atoms with Crippen molar-refractivity contribution in [3.8, 4) is 0 Å². The first-order valence-electron chi connectivity index (χ1n) is 2.70. The third-order valence-corrected chi connectivity index (χ3v) is 1.18. The molecule has 0 fully saturated rings. The standard InChI is InChI=1S/C3H3N7O/c4-10-3(11)1-2(7-9-10)6-8-5-1/h4H2,(H,5,6,8). The van der Waals surface area contributed by atoms with Crippen LogP contribution in [0.1, 0.15) is 0 Å². The van der Waals surface area contributed by atoms with Gasteiger partial charge in [-0.15, -0.1) is 20.1 Å².